The number of amidine groups is 1. The summed E-state index contributed by atoms with van der Waals surface area (Å²) >= 11 is 0. The minimum atomic E-state index is -3.60. The second kappa shape index (κ2) is 7.90. The summed E-state index contributed by atoms with van der Waals surface area (Å²) in [5.41, 5.74) is 9.49. The quantitative estimate of drug-likeness (QED) is 0.722. The average Bonchev–Trinajstić information content (AvgIpc) is 3.64. The maximum Gasteiger partial charge on any atom is 0.248 e. The maximum atomic E-state index is 13.3. The van der Waals surface area contributed by atoms with Crippen LogP contribution < -0.4 is 5.73 Å². The van der Waals surface area contributed by atoms with Crippen LogP contribution in [-0.2, 0) is 26.1 Å². The van der Waals surface area contributed by atoms with E-state index in [-0.39, 0.29) is 12.5 Å². The smallest absolute Gasteiger partial charge is 0.248 e. The van der Waals surface area contributed by atoms with Crippen LogP contribution in [0.15, 0.2) is 52.4 Å². The molecule has 3 heterocycles. The van der Waals surface area contributed by atoms with Crippen molar-refractivity contribution in [3.63, 3.8) is 0 Å². The molecule has 1 spiro atoms. The highest BCUT2D eigenvalue weighted by Crippen LogP contribution is 2.37. The number of piperidine rings is 1. The highest BCUT2D eigenvalue weighted by Gasteiger charge is 2.47. The Balaban J connectivity index is 1.15. The lowest BCUT2D eigenvalue weighted by Gasteiger charge is -2.46. The molecule has 2 aromatic rings. The molecule has 0 bridgehead atoms. The molecule has 0 unspecified atom stereocenters. The predicted molar refractivity (Wildman–Crippen MR) is 128 cm³/mol. The molecule has 3 fully saturated rings. The Morgan fingerprint density at radius 2 is 1.74 bits per heavy atom. The van der Waals surface area contributed by atoms with Crippen molar-refractivity contribution in [1.29, 1.82) is 0 Å². The summed E-state index contributed by atoms with van der Waals surface area (Å²) in [6.45, 7) is 2.04. The van der Waals surface area contributed by atoms with E-state index in [0.717, 1.165) is 35.1 Å². The SMILES string of the molecule is NC1=NCc2cc(-c3ccc(S(=O)(=O)N4CCC5(CC4)CN(C4CC4)C(=O)CO5)cc3)ccc21. The molecular formula is C25H28N4O4S. The van der Waals surface area contributed by atoms with Gasteiger partial charge in [0.2, 0.25) is 15.9 Å². The van der Waals surface area contributed by atoms with Gasteiger partial charge in [-0.05, 0) is 60.6 Å². The van der Waals surface area contributed by atoms with Crippen molar-refractivity contribution in [2.75, 3.05) is 26.2 Å². The van der Waals surface area contributed by atoms with Crippen LogP contribution in [0.2, 0.25) is 0 Å². The molecule has 8 nitrogen and oxygen atoms in total. The minimum Gasteiger partial charge on any atom is -0.383 e. The molecule has 4 aliphatic rings. The topological polar surface area (TPSA) is 105 Å². The number of carbonyl (C=O) groups excluding carboxylic acids is 1. The van der Waals surface area contributed by atoms with Gasteiger partial charge in [-0.25, -0.2) is 8.42 Å². The molecule has 2 aromatic carbocycles. The number of nitrogens with two attached hydrogens (primary N) is 1. The van der Waals surface area contributed by atoms with Gasteiger partial charge in [0.15, 0.2) is 0 Å². The fraction of sp³-hybridized carbons (Fsp3) is 0.440. The lowest BCUT2D eigenvalue weighted by molar-refractivity contribution is -0.170. The summed E-state index contributed by atoms with van der Waals surface area (Å²) in [6, 6.07) is 13.4. The van der Waals surface area contributed by atoms with E-state index in [2.05, 4.69) is 11.1 Å². The number of ether oxygens (including phenoxy) is 1. The van der Waals surface area contributed by atoms with Gasteiger partial charge in [0, 0.05) is 24.7 Å². The molecule has 34 heavy (non-hydrogen) atoms. The van der Waals surface area contributed by atoms with E-state index in [1.807, 2.05) is 29.2 Å². The van der Waals surface area contributed by atoms with E-state index < -0.39 is 15.6 Å². The van der Waals surface area contributed by atoms with Crippen molar-refractivity contribution in [2.24, 2.45) is 10.7 Å². The summed E-state index contributed by atoms with van der Waals surface area (Å²) in [6.07, 6.45) is 3.32. The number of nitrogens with zero attached hydrogens (tertiary/aromatic N) is 3. The Morgan fingerprint density at radius 1 is 1.03 bits per heavy atom. The Bertz CT molecular complexity index is 1280. The van der Waals surface area contributed by atoms with Crippen molar-refractivity contribution in [3.05, 3.63) is 53.6 Å². The third-order valence-electron chi connectivity index (χ3n) is 7.53. The predicted octanol–water partition coefficient (Wildman–Crippen LogP) is 2.12. The van der Waals surface area contributed by atoms with Gasteiger partial charge in [0.05, 0.1) is 23.6 Å². The fourth-order valence-electron chi connectivity index (χ4n) is 5.28. The zero-order valence-electron chi connectivity index (χ0n) is 18.9. The Labute approximate surface area is 199 Å². The number of hydrogen-bond donors (Lipinski definition) is 1. The maximum absolute atomic E-state index is 13.3. The summed E-state index contributed by atoms with van der Waals surface area (Å²) < 4.78 is 34.2. The van der Waals surface area contributed by atoms with Gasteiger partial charge >= 0.3 is 0 Å². The summed E-state index contributed by atoms with van der Waals surface area (Å²) in [5, 5.41) is 0. The number of benzene rings is 2. The molecule has 0 aromatic heterocycles. The van der Waals surface area contributed by atoms with E-state index in [0.29, 0.717) is 55.8 Å². The van der Waals surface area contributed by atoms with Crippen LogP contribution in [0.5, 0.6) is 0 Å². The summed E-state index contributed by atoms with van der Waals surface area (Å²) in [7, 11) is -3.60. The first-order valence-corrected chi connectivity index (χ1v) is 13.3. The van der Waals surface area contributed by atoms with Crippen molar-refractivity contribution in [1.82, 2.24) is 9.21 Å². The van der Waals surface area contributed by atoms with Crippen molar-refractivity contribution >= 4 is 21.8 Å². The number of carbonyl (C=O) groups is 1. The zero-order valence-corrected chi connectivity index (χ0v) is 19.8. The first-order valence-electron chi connectivity index (χ1n) is 11.8. The van der Waals surface area contributed by atoms with E-state index in [4.69, 9.17) is 10.5 Å². The van der Waals surface area contributed by atoms with Crippen LogP contribution in [0.4, 0.5) is 0 Å². The van der Waals surface area contributed by atoms with Crippen LogP contribution in [0, 0.1) is 0 Å². The molecule has 2 N–H and O–H groups in total. The van der Waals surface area contributed by atoms with Gasteiger partial charge in [-0.1, -0.05) is 24.3 Å². The van der Waals surface area contributed by atoms with Crippen LogP contribution >= 0.6 is 0 Å². The monoisotopic (exact) mass is 480 g/mol. The number of amides is 1. The van der Waals surface area contributed by atoms with E-state index in [9.17, 15) is 13.2 Å². The Hall–Kier alpha value is -2.75. The number of morpholine rings is 1. The van der Waals surface area contributed by atoms with Crippen LogP contribution in [0.3, 0.4) is 0 Å². The van der Waals surface area contributed by atoms with Gasteiger partial charge in [-0.2, -0.15) is 4.31 Å². The minimum absolute atomic E-state index is 0.0580. The lowest BCUT2D eigenvalue weighted by Crippen LogP contribution is -2.59. The van der Waals surface area contributed by atoms with Crippen molar-refractivity contribution in [3.8, 4) is 11.1 Å². The Kier molecular flexibility index (Phi) is 5.05. The lowest BCUT2D eigenvalue weighted by atomic mass is 9.90. The van der Waals surface area contributed by atoms with Gasteiger partial charge in [-0.15, -0.1) is 0 Å². The third-order valence-corrected chi connectivity index (χ3v) is 9.44. The molecule has 3 aliphatic heterocycles. The van der Waals surface area contributed by atoms with Gasteiger partial charge in [-0.3, -0.25) is 9.79 Å². The molecule has 0 atom stereocenters. The third kappa shape index (κ3) is 3.72. The summed E-state index contributed by atoms with van der Waals surface area (Å²) in [5.74, 6) is 0.624. The normalized spacial score (nSPS) is 22.6. The molecule has 178 valence electrons. The van der Waals surface area contributed by atoms with Crippen molar-refractivity contribution < 1.29 is 17.9 Å². The van der Waals surface area contributed by atoms with Crippen molar-refractivity contribution in [2.45, 2.75) is 48.8 Å². The first-order chi connectivity index (χ1) is 16.3. The molecule has 9 heteroatoms. The standard InChI is InChI=1S/C25H28N4O4S/c26-24-22-8-3-18(13-19(22)14-27-24)17-1-6-21(7-2-17)34(31,32)28-11-9-25(10-12-28)16-29(20-4-5-20)23(30)15-33-25/h1-3,6-8,13,20H,4-5,9-12,14-16H2,(H2,26,27). The van der Waals surface area contributed by atoms with Gasteiger partial charge in [0.1, 0.15) is 12.4 Å². The van der Waals surface area contributed by atoms with Crippen LogP contribution in [0.1, 0.15) is 36.8 Å². The second-order valence-corrected chi connectivity index (χ2v) is 11.7. The number of aliphatic imine (C=N–C) groups is 1. The fourth-order valence-corrected chi connectivity index (χ4v) is 6.72. The van der Waals surface area contributed by atoms with Crippen LogP contribution in [-0.4, -0.2) is 67.2 Å². The molecule has 1 saturated carbocycles. The Morgan fingerprint density at radius 3 is 2.44 bits per heavy atom. The number of fused-ring (bicyclic) bond motifs is 1. The van der Waals surface area contributed by atoms with E-state index in [1.165, 1.54) is 0 Å². The average molecular weight is 481 g/mol. The molecule has 2 saturated heterocycles. The first kappa shape index (κ1) is 21.8. The van der Waals surface area contributed by atoms with E-state index in [1.54, 1.807) is 16.4 Å². The van der Waals surface area contributed by atoms with Gasteiger partial charge in [0.25, 0.3) is 0 Å². The van der Waals surface area contributed by atoms with Gasteiger partial charge < -0.3 is 15.4 Å². The molecule has 1 amide bonds. The molecule has 6 rings (SSSR count). The summed E-state index contributed by atoms with van der Waals surface area (Å²) in [4.78, 5) is 18.7. The van der Waals surface area contributed by atoms with Crippen LogP contribution in [0.25, 0.3) is 11.1 Å². The number of sulfonamides is 1. The number of rotatable bonds is 4. The highest BCUT2D eigenvalue weighted by molar-refractivity contribution is 7.89. The highest BCUT2D eigenvalue weighted by atomic mass is 32.2. The van der Waals surface area contributed by atoms with E-state index >= 15 is 0 Å². The molecular weight excluding hydrogens is 452 g/mol. The zero-order chi connectivity index (χ0) is 23.5. The largest absolute Gasteiger partial charge is 0.383 e. The second-order valence-electron chi connectivity index (χ2n) is 9.73. The number of hydrogen-bond acceptors (Lipinski definition) is 6. The molecule has 0 radical (unpaired) electrons. The molecule has 1 aliphatic carbocycles.